The first-order valence-electron chi connectivity index (χ1n) is 5.52. The van der Waals surface area contributed by atoms with Crippen molar-refractivity contribution in [1.82, 2.24) is 0 Å². The quantitative estimate of drug-likeness (QED) is 0.697. The number of fused-ring (bicyclic) bond motifs is 1. The maximum atomic E-state index is 11.6. The molecule has 3 nitrogen and oxygen atoms in total. The van der Waals surface area contributed by atoms with Gasteiger partial charge in [-0.05, 0) is 16.8 Å². The molecule has 2 aromatic carbocycles. The molecule has 1 radical (unpaired) electrons. The van der Waals surface area contributed by atoms with Gasteiger partial charge in [0, 0.05) is 18.9 Å². The highest BCUT2D eigenvalue weighted by Gasteiger charge is 2.30. The normalized spacial score (nSPS) is 15.9. The lowest BCUT2D eigenvalue weighted by atomic mass is 10.1. The van der Waals surface area contributed by atoms with Crippen molar-refractivity contribution in [1.29, 1.82) is 0 Å². The molecule has 0 saturated carbocycles. The standard InChI is InChI=1S/C14H10NO2/c16-13-7-8-14(17)15(13)12-6-5-10-3-1-2-4-11(10)9-12/h1-6H,7-8H2. The van der Waals surface area contributed by atoms with Crippen LogP contribution in [0.25, 0.3) is 10.8 Å². The molecule has 17 heavy (non-hydrogen) atoms. The molecule has 0 aliphatic carbocycles. The first-order valence-corrected chi connectivity index (χ1v) is 5.52. The van der Waals surface area contributed by atoms with E-state index in [0.29, 0.717) is 18.5 Å². The van der Waals surface area contributed by atoms with Gasteiger partial charge in [0.15, 0.2) is 0 Å². The average molecular weight is 224 g/mol. The molecule has 3 heteroatoms. The molecule has 1 saturated heterocycles. The van der Waals surface area contributed by atoms with Gasteiger partial charge < -0.3 is 0 Å². The van der Waals surface area contributed by atoms with E-state index in [4.69, 9.17) is 0 Å². The number of nitrogens with zero attached hydrogens (tertiary/aromatic N) is 1. The van der Waals surface area contributed by atoms with Crippen LogP contribution in [0.3, 0.4) is 0 Å². The summed E-state index contributed by atoms with van der Waals surface area (Å²) in [5.74, 6) is -0.275. The van der Waals surface area contributed by atoms with E-state index in [1.807, 2.05) is 30.3 Å². The van der Waals surface area contributed by atoms with Crippen LogP contribution >= 0.6 is 0 Å². The summed E-state index contributed by atoms with van der Waals surface area (Å²) in [5.41, 5.74) is 0.552. The Morgan fingerprint density at radius 2 is 1.65 bits per heavy atom. The van der Waals surface area contributed by atoms with Gasteiger partial charge in [0.2, 0.25) is 11.8 Å². The molecule has 83 valence electrons. The molecule has 1 heterocycles. The second-order valence-electron chi connectivity index (χ2n) is 4.05. The Hall–Kier alpha value is -2.16. The molecule has 0 atom stereocenters. The highest BCUT2D eigenvalue weighted by molar-refractivity contribution is 6.20. The van der Waals surface area contributed by atoms with Gasteiger partial charge in [0.05, 0.1) is 5.69 Å². The van der Waals surface area contributed by atoms with Crippen molar-refractivity contribution in [3.63, 3.8) is 0 Å². The summed E-state index contributed by atoms with van der Waals surface area (Å²) in [5, 5.41) is 1.97. The van der Waals surface area contributed by atoms with Crippen molar-refractivity contribution in [2.24, 2.45) is 0 Å². The first-order chi connectivity index (χ1) is 8.25. The fourth-order valence-electron chi connectivity index (χ4n) is 2.08. The van der Waals surface area contributed by atoms with E-state index in [9.17, 15) is 9.59 Å². The SMILES string of the molecule is O=C1CCC(=O)N1c1[c]c2ccccc2cc1. The van der Waals surface area contributed by atoms with E-state index in [-0.39, 0.29) is 11.8 Å². The van der Waals surface area contributed by atoms with Crippen molar-refractivity contribution in [3.8, 4) is 0 Å². The van der Waals surface area contributed by atoms with Crippen LogP contribution in [0.15, 0.2) is 36.4 Å². The average Bonchev–Trinajstić information content (AvgIpc) is 2.68. The first kappa shape index (κ1) is 10.0. The van der Waals surface area contributed by atoms with Crippen molar-refractivity contribution in [2.75, 3.05) is 4.90 Å². The fraction of sp³-hybridized carbons (Fsp3) is 0.143. The molecule has 0 N–H and O–H groups in total. The van der Waals surface area contributed by atoms with Crippen molar-refractivity contribution >= 4 is 28.3 Å². The number of hydrogen-bond acceptors (Lipinski definition) is 2. The highest BCUT2D eigenvalue weighted by atomic mass is 16.2. The number of hydrogen-bond donors (Lipinski definition) is 0. The third kappa shape index (κ3) is 1.60. The van der Waals surface area contributed by atoms with Crippen molar-refractivity contribution < 1.29 is 9.59 Å². The third-order valence-electron chi connectivity index (χ3n) is 2.94. The largest absolute Gasteiger partial charge is 0.274 e. The van der Waals surface area contributed by atoms with Crippen LogP contribution in [0.2, 0.25) is 0 Å². The van der Waals surface area contributed by atoms with Crippen molar-refractivity contribution in [3.05, 3.63) is 42.5 Å². The second-order valence-corrected chi connectivity index (χ2v) is 4.05. The van der Waals surface area contributed by atoms with Gasteiger partial charge in [-0.1, -0.05) is 30.3 Å². The lowest BCUT2D eigenvalue weighted by Gasteiger charge is -2.13. The van der Waals surface area contributed by atoms with Gasteiger partial charge >= 0.3 is 0 Å². The van der Waals surface area contributed by atoms with E-state index in [1.165, 1.54) is 4.90 Å². The maximum Gasteiger partial charge on any atom is 0.234 e. The topological polar surface area (TPSA) is 37.4 Å². The van der Waals surface area contributed by atoms with Crippen LogP contribution in [0.5, 0.6) is 0 Å². The lowest BCUT2D eigenvalue weighted by Crippen LogP contribution is -2.28. The molecule has 3 rings (SSSR count). The number of imide groups is 1. The molecular formula is C14H10NO2. The summed E-state index contributed by atoms with van der Waals surface area (Å²) in [6, 6.07) is 14.5. The second kappa shape index (κ2) is 3.70. The van der Waals surface area contributed by atoms with E-state index in [0.717, 1.165) is 10.8 Å². The molecule has 1 aliphatic heterocycles. The number of benzene rings is 2. The summed E-state index contributed by atoms with van der Waals surface area (Å²) < 4.78 is 0. The van der Waals surface area contributed by atoms with Gasteiger partial charge in [0.1, 0.15) is 0 Å². The van der Waals surface area contributed by atoms with E-state index >= 15 is 0 Å². The van der Waals surface area contributed by atoms with Crippen LogP contribution < -0.4 is 4.90 Å². The number of amides is 2. The summed E-state index contributed by atoms with van der Waals surface area (Å²) >= 11 is 0. The van der Waals surface area contributed by atoms with E-state index in [1.54, 1.807) is 6.07 Å². The number of carbonyl (C=O) groups is 2. The van der Waals surface area contributed by atoms with Gasteiger partial charge in [-0.15, -0.1) is 0 Å². The lowest BCUT2D eigenvalue weighted by molar-refractivity contribution is -0.121. The van der Waals surface area contributed by atoms with Crippen LogP contribution in [0, 0.1) is 6.07 Å². The minimum atomic E-state index is -0.137. The zero-order valence-corrected chi connectivity index (χ0v) is 9.14. The minimum absolute atomic E-state index is 0.137. The van der Waals surface area contributed by atoms with Gasteiger partial charge in [-0.25, -0.2) is 4.90 Å². The summed E-state index contributed by atoms with van der Waals surface area (Å²) in [6.07, 6.45) is 0.610. The summed E-state index contributed by atoms with van der Waals surface area (Å²) in [7, 11) is 0. The van der Waals surface area contributed by atoms with Crippen LogP contribution in [0.1, 0.15) is 12.8 Å². The molecule has 0 spiro atoms. The summed E-state index contributed by atoms with van der Waals surface area (Å²) in [6.45, 7) is 0. The van der Waals surface area contributed by atoms with Gasteiger partial charge in [-0.3, -0.25) is 9.59 Å². The number of anilines is 1. The molecule has 1 fully saturated rings. The minimum Gasteiger partial charge on any atom is -0.274 e. The van der Waals surface area contributed by atoms with E-state index in [2.05, 4.69) is 6.07 Å². The van der Waals surface area contributed by atoms with Crippen LogP contribution in [0.4, 0.5) is 5.69 Å². The third-order valence-corrected chi connectivity index (χ3v) is 2.94. The monoisotopic (exact) mass is 224 g/mol. The highest BCUT2D eigenvalue weighted by Crippen LogP contribution is 2.25. The molecule has 0 bridgehead atoms. The Balaban J connectivity index is 2.12. The molecule has 2 amide bonds. The van der Waals surface area contributed by atoms with Crippen LogP contribution in [-0.2, 0) is 9.59 Å². The zero-order valence-electron chi connectivity index (χ0n) is 9.14. The van der Waals surface area contributed by atoms with Gasteiger partial charge in [0.25, 0.3) is 0 Å². The number of carbonyl (C=O) groups excluding carboxylic acids is 2. The van der Waals surface area contributed by atoms with Crippen LogP contribution in [-0.4, -0.2) is 11.8 Å². The summed E-state index contributed by atoms with van der Waals surface area (Å²) in [4.78, 5) is 24.4. The zero-order chi connectivity index (χ0) is 11.8. The predicted molar refractivity (Wildman–Crippen MR) is 64.5 cm³/mol. The molecule has 0 aromatic heterocycles. The Bertz CT molecular complexity index is 602. The fourth-order valence-corrected chi connectivity index (χ4v) is 2.08. The molecule has 2 aromatic rings. The van der Waals surface area contributed by atoms with Crippen molar-refractivity contribution in [2.45, 2.75) is 12.8 Å². The number of rotatable bonds is 1. The molecular weight excluding hydrogens is 214 g/mol. The van der Waals surface area contributed by atoms with E-state index < -0.39 is 0 Å². The Labute approximate surface area is 98.6 Å². The smallest absolute Gasteiger partial charge is 0.234 e. The Morgan fingerprint density at radius 1 is 0.941 bits per heavy atom. The van der Waals surface area contributed by atoms with Gasteiger partial charge in [-0.2, -0.15) is 0 Å². The predicted octanol–water partition coefficient (Wildman–Crippen LogP) is 2.29. The maximum absolute atomic E-state index is 11.6. The Morgan fingerprint density at radius 3 is 2.41 bits per heavy atom. The molecule has 1 aliphatic rings. The molecule has 0 unspecified atom stereocenters. The Kier molecular flexibility index (Phi) is 2.18.